The van der Waals surface area contributed by atoms with Crippen LogP contribution in [0, 0.1) is 23.7 Å². The third kappa shape index (κ3) is 4.15. The Hall–Kier alpha value is -2.45. The number of para-hydroxylation sites is 1. The molecule has 5 rings (SSSR count). The minimum atomic E-state index is -1.11. The molecule has 1 aromatic rings. The lowest BCUT2D eigenvalue weighted by atomic mass is 9.62. The Morgan fingerprint density at radius 1 is 1.16 bits per heavy atom. The van der Waals surface area contributed by atoms with E-state index < -0.39 is 35.1 Å². The van der Waals surface area contributed by atoms with Gasteiger partial charge in [0.1, 0.15) is 11.6 Å². The number of likely N-dealkylation sites (tertiary alicyclic amines) is 1. The summed E-state index contributed by atoms with van der Waals surface area (Å²) in [7, 11) is 0. The third-order valence-corrected chi connectivity index (χ3v) is 10.1. The molecule has 8 heteroatoms. The van der Waals surface area contributed by atoms with E-state index in [0.717, 1.165) is 32.1 Å². The fourth-order valence-electron chi connectivity index (χ4n) is 7.82. The number of ether oxygens (including phenoxy) is 1. The summed E-state index contributed by atoms with van der Waals surface area (Å²) >= 11 is 0. The number of benzene rings is 1. The summed E-state index contributed by atoms with van der Waals surface area (Å²) < 4.78 is 6.82. The maximum Gasteiger partial charge on any atom is 0.246 e. The van der Waals surface area contributed by atoms with E-state index in [1.807, 2.05) is 51.1 Å². The molecule has 3 N–H and O–H groups in total. The van der Waals surface area contributed by atoms with E-state index in [1.54, 1.807) is 4.90 Å². The largest absolute Gasteiger partial charge is 0.394 e. The van der Waals surface area contributed by atoms with Crippen LogP contribution in [0.4, 0.5) is 5.69 Å². The topological polar surface area (TPSA) is 108 Å². The molecule has 3 saturated heterocycles. The molecule has 3 aliphatic heterocycles. The summed E-state index contributed by atoms with van der Waals surface area (Å²) in [5.41, 5.74) is -1.32. The lowest BCUT2D eigenvalue weighted by molar-refractivity contribution is -0.151. The molecular weight excluding hydrogens is 482 g/mol. The number of rotatable bonds is 8. The van der Waals surface area contributed by atoms with Gasteiger partial charge in [0.15, 0.2) is 0 Å². The van der Waals surface area contributed by atoms with Crippen molar-refractivity contribution in [3.8, 4) is 0 Å². The van der Waals surface area contributed by atoms with Crippen LogP contribution in [0.2, 0.25) is 0 Å². The monoisotopic (exact) mass is 525 g/mol. The molecule has 3 heterocycles. The van der Waals surface area contributed by atoms with E-state index in [4.69, 9.17) is 4.74 Å². The quantitative estimate of drug-likeness (QED) is 0.482. The van der Waals surface area contributed by atoms with Gasteiger partial charge in [-0.25, -0.2) is 0 Å². The number of aliphatic hydroxyl groups is 1. The average molecular weight is 526 g/mol. The second-order valence-electron chi connectivity index (χ2n) is 12.3. The van der Waals surface area contributed by atoms with Crippen LogP contribution in [0.1, 0.15) is 72.6 Å². The van der Waals surface area contributed by atoms with Crippen molar-refractivity contribution in [2.75, 3.05) is 11.9 Å². The maximum atomic E-state index is 14.4. The Morgan fingerprint density at radius 2 is 1.84 bits per heavy atom. The lowest BCUT2D eigenvalue weighted by Crippen LogP contribution is -2.60. The van der Waals surface area contributed by atoms with Crippen molar-refractivity contribution in [1.29, 1.82) is 0 Å². The number of aliphatic hydroxyl groups excluding tert-OH is 1. The molecule has 208 valence electrons. The van der Waals surface area contributed by atoms with Crippen molar-refractivity contribution in [3.63, 3.8) is 0 Å². The zero-order valence-electron chi connectivity index (χ0n) is 23.1. The van der Waals surface area contributed by atoms with Gasteiger partial charge in [0.25, 0.3) is 0 Å². The van der Waals surface area contributed by atoms with Crippen LogP contribution in [0.25, 0.3) is 0 Å². The zero-order chi connectivity index (χ0) is 27.2. The van der Waals surface area contributed by atoms with Gasteiger partial charge in [-0.3, -0.25) is 14.4 Å². The molecule has 4 fully saturated rings. The highest BCUT2D eigenvalue weighted by Crippen LogP contribution is 2.65. The Morgan fingerprint density at radius 3 is 2.47 bits per heavy atom. The standard InChI is InChI=1S/C30H43N3O5/c1-5-18(2)22(17-34)33-25(27(36)32-21-14-10-7-11-15-21)30-16-19(3)29(4,38-30)23(24(30)28(33)37)26(35)31-20-12-8-6-9-13-20/h6,8-9,12-13,18-19,21-25,34H,5,7,10-11,14-17H2,1-4H3,(H,31,35)(H,32,36)/t18-,19?,22-,23-,24-,25?,29+,30?/m0/s1. The van der Waals surface area contributed by atoms with Gasteiger partial charge >= 0.3 is 0 Å². The number of anilines is 1. The molecule has 2 bridgehead atoms. The fraction of sp³-hybridized carbons (Fsp3) is 0.700. The van der Waals surface area contributed by atoms with Crippen molar-refractivity contribution >= 4 is 23.4 Å². The van der Waals surface area contributed by atoms with E-state index >= 15 is 0 Å². The highest BCUT2D eigenvalue weighted by atomic mass is 16.5. The van der Waals surface area contributed by atoms with E-state index in [2.05, 4.69) is 17.6 Å². The Labute approximate surface area is 225 Å². The molecule has 1 aromatic carbocycles. The highest BCUT2D eigenvalue weighted by molar-refractivity contribution is 6.02. The fourth-order valence-corrected chi connectivity index (χ4v) is 7.82. The van der Waals surface area contributed by atoms with Gasteiger partial charge in [-0.15, -0.1) is 0 Å². The minimum Gasteiger partial charge on any atom is -0.394 e. The van der Waals surface area contributed by atoms with Crippen molar-refractivity contribution in [3.05, 3.63) is 30.3 Å². The Kier molecular flexibility index (Phi) is 7.33. The van der Waals surface area contributed by atoms with Crippen molar-refractivity contribution in [1.82, 2.24) is 10.2 Å². The summed E-state index contributed by atoms with van der Waals surface area (Å²) in [6.45, 7) is 7.74. The molecule has 0 radical (unpaired) electrons. The number of hydrogen-bond acceptors (Lipinski definition) is 5. The van der Waals surface area contributed by atoms with Gasteiger partial charge in [-0.2, -0.15) is 0 Å². The number of carbonyl (C=O) groups is 3. The van der Waals surface area contributed by atoms with E-state index in [-0.39, 0.29) is 42.2 Å². The predicted molar refractivity (Wildman–Crippen MR) is 144 cm³/mol. The van der Waals surface area contributed by atoms with E-state index in [9.17, 15) is 19.5 Å². The van der Waals surface area contributed by atoms with Crippen molar-refractivity contribution in [2.45, 2.75) is 102 Å². The molecule has 3 amide bonds. The lowest BCUT2D eigenvalue weighted by Gasteiger charge is -2.40. The second-order valence-corrected chi connectivity index (χ2v) is 12.3. The summed E-state index contributed by atoms with van der Waals surface area (Å²) in [6, 6.07) is 7.89. The number of carbonyl (C=O) groups excluding carboxylic acids is 3. The van der Waals surface area contributed by atoms with Crippen LogP contribution in [0.15, 0.2) is 30.3 Å². The highest BCUT2D eigenvalue weighted by Gasteiger charge is 2.80. The molecule has 38 heavy (non-hydrogen) atoms. The number of hydrogen-bond donors (Lipinski definition) is 3. The van der Waals surface area contributed by atoms with E-state index in [1.165, 1.54) is 6.42 Å². The van der Waals surface area contributed by atoms with Crippen LogP contribution in [-0.2, 0) is 19.1 Å². The SMILES string of the molecule is CC[C@H](C)[C@H](CO)N1C(=O)[C@@H]2[C@@H](C(=O)Nc3ccccc3)[C@]3(C)OC2(CC3C)C1C(=O)NC1CCCCC1. The van der Waals surface area contributed by atoms with Crippen molar-refractivity contribution < 1.29 is 24.2 Å². The van der Waals surface area contributed by atoms with Gasteiger partial charge < -0.3 is 25.4 Å². The first-order chi connectivity index (χ1) is 18.2. The molecule has 1 spiro atoms. The van der Waals surface area contributed by atoms with E-state index in [0.29, 0.717) is 12.1 Å². The first kappa shape index (κ1) is 27.1. The van der Waals surface area contributed by atoms with Crippen LogP contribution in [-0.4, -0.2) is 63.7 Å². The smallest absolute Gasteiger partial charge is 0.246 e. The second kappa shape index (κ2) is 10.3. The molecule has 8 atom stereocenters. The van der Waals surface area contributed by atoms with Crippen LogP contribution in [0.3, 0.4) is 0 Å². The molecule has 8 nitrogen and oxygen atoms in total. The third-order valence-electron chi connectivity index (χ3n) is 10.1. The number of fused-ring (bicyclic) bond motifs is 1. The van der Waals surface area contributed by atoms with Gasteiger partial charge in [0, 0.05) is 11.7 Å². The van der Waals surface area contributed by atoms with Crippen LogP contribution >= 0.6 is 0 Å². The molecular formula is C30H43N3O5. The van der Waals surface area contributed by atoms with Gasteiger partial charge in [-0.1, -0.05) is 64.7 Å². The maximum absolute atomic E-state index is 14.4. The first-order valence-corrected chi connectivity index (χ1v) is 14.5. The Bertz CT molecular complexity index is 1060. The van der Waals surface area contributed by atoms with Gasteiger partial charge in [0.2, 0.25) is 17.7 Å². The van der Waals surface area contributed by atoms with Gasteiger partial charge in [0.05, 0.1) is 30.1 Å². The zero-order valence-corrected chi connectivity index (χ0v) is 23.1. The average Bonchev–Trinajstić information content (AvgIpc) is 3.42. The summed E-state index contributed by atoms with van der Waals surface area (Å²) in [4.78, 5) is 44.0. The molecule has 4 aliphatic rings. The van der Waals surface area contributed by atoms with Crippen molar-refractivity contribution in [2.24, 2.45) is 23.7 Å². The van der Waals surface area contributed by atoms with Crippen LogP contribution in [0.5, 0.6) is 0 Å². The number of nitrogens with one attached hydrogen (secondary N) is 2. The predicted octanol–water partition coefficient (Wildman–Crippen LogP) is 3.49. The van der Waals surface area contributed by atoms with Gasteiger partial charge in [-0.05, 0) is 50.2 Å². The summed E-state index contributed by atoms with van der Waals surface area (Å²) in [5, 5.41) is 16.7. The Balaban J connectivity index is 1.55. The first-order valence-electron chi connectivity index (χ1n) is 14.5. The molecule has 1 saturated carbocycles. The normalized spacial score (nSPS) is 36.1. The summed E-state index contributed by atoms with van der Waals surface area (Å²) in [6.07, 6.45) is 6.44. The minimum absolute atomic E-state index is 0.0223. The molecule has 0 aromatic heterocycles. The summed E-state index contributed by atoms with van der Waals surface area (Å²) in [5.74, 6) is -2.31. The van der Waals surface area contributed by atoms with Crippen LogP contribution < -0.4 is 10.6 Å². The number of nitrogens with zero attached hydrogens (tertiary/aromatic N) is 1. The molecule has 1 aliphatic carbocycles. The molecule has 3 unspecified atom stereocenters. The number of amides is 3.